The number of rotatable bonds is 7. The van der Waals surface area contributed by atoms with Gasteiger partial charge in [-0.3, -0.25) is 0 Å². The van der Waals surface area contributed by atoms with Crippen LogP contribution in [0.2, 0.25) is 0 Å². The van der Waals surface area contributed by atoms with Gasteiger partial charge in [0.25, 0.3) is 0 Å². The molecule has 2 heterocycles. The number of piperidine rings is 1. The second-order valence-corrected chi connectivity index (χ2v) is 9.92. The number of aliphatic hydroxyl groups is 1. The molecule has 1 saturated carbocycles. The molecular weight excluding hydrogens is 346 g/mol. The molecule has 5 rings (SSSR count). The van der Waals surface area contributed by atoms with Gasteiger partial charge in [0.1, 0.15) is 24.3 Å². The van der Waals surface area contributed by atoms with Gasteiger partial charge in [0.15, 0.2) is 0 Å². The fourth-order valence-corrected chi connectivity index (χ4v) is 5.91. The zero-order chi connectivity index (χ0) is 19.8. The molecule has 2 aliphatic heterocycles. The maximum absolute atomic E-state index is 10.8. The smallest absolute Gasteiger partial charge is 0.126 e. The Hall–Kier alpha value is -1.68. The Balaban J connectivity index is 1.39. The molecule has 3 fully saturated rings. The summed E-state index contributed by atoms with van der Waals surface area (Å²) < 4.78 is 6.28. The number of benzene rings is 2. The Morgan fingerprint density at radius 1 is 0.964 bits per heavy atom. The first kappa shape index (κ1) is 19.6. The highest BCUT2D eigenvalue weighted by Crippen LogP contribution is 2.44. The molecule has 3 heteroatoms. The molecule has 0 spiro atoms. The molecule has 2 N–H and O–H groups in total. The van der Waals surface area contributed by atoms with Crippen LogP contribution in [-0.4, -0.2) is 35.9 Å². The maximum atomic E-state index is 10.8. The molecule has 1 aliphatic carbocycles. The van der Waals surface area contributed by atoms with E-state index < -0.39 is 6.10 Å². The second-order valence-electron chi connectivity index (χ2n) is 9.92. The molecule has 0 amide bonds. The fourth-order valence-electron chi connectivity index (χ4n) is 5.91. The molecule has 3 aliphatic rings. The highest BCUT2D eigenvalue weighted by atomic mass is 16.5. The molecule has 2 saturated heterocycles. The van der Waals surface area contributed by atoms with E-state index in [4.69, 9.17) is 4.74 Å². The van der Waals surface area contributed by atoms with Crippen LogP contribution in [0.25, 0.3) is 0 Å². The van der Waals surface area contributed by atoms with E-state index in [1.165, 1.54) is 19.3 Å². The summed E-state index contributed by atoms with van der Waals surface area (Å²) in [5.41, 5.74) is 3.02. The van der Waals surface area contributed by atoms with Gasteiger partial charge in [0.2, 0.25) is 0 Å². The Morgan fingerprint density at radius 2 is 1.54 bits per heavy atom. The van der Waals surface area contributed by atoms with Crippen molar-refractivity contribution in [3.63, 3.8) is 0 Å². The average Bonchev–Trinajstić information content (AvgIpc) is 2.66. The Labute approximate surface area is 169 Å². The Kier molecular flexibility index (Phi) is 5.34. The van der Waals surface area contributed by atoms with E-state index in [9.17, 15) is 5.11 Å². The topological polar surface area (TPSA) is 33.9 Å². The first-order valence-corrected chi connectivity index (χ1v) is 10.6. The summed E-state index contributed by atoms with van der Waals surface area (Å²) in [4.78, 5) is 1.58. The molecule has 3 nitrogen and oxygen atoms in total. The third kappa shape index (κ3) is 4.03. The van der Waals surface area contributed by atoms with Crippen LogP contribution in [0.15, 0.2) is 60.7 Å². The number of fused-ring (bicyclic) bond motifs is 2. The third-order valence-corrected chi connectivity index (χ3v) is 6.75. The van der Waals surface area contributed by atoms with Crippen molar-refractivity contribution < 1.29 is 14.7 Å². The van der Waals surface area contributed by atoms with E-state index in [0.717, 1.165) is 17.7 Å². The Morgan fingerprint density at radius 3 is 2.07 bits per heavy atom. The number of hydrogen-bond donors (Lipinski definition) is 2. The van der Waals surface area contributed by atoms with Gasteiger partial charge in [-0.05, 0) is 23.5 Å². The Bertz CT molecular complexity index is 736. The summed E-state index contributed by atoms with van der Waals surface area (Å²) in [6.07, 6.45) is 3.24. The zero-order valence-corrected chi connectivity index (χ0v) is 17.4. The predicted octanol–water partition coefficient (Wildman–Crippen LogP) is 3.39. The van der Waals surface area contributed by atoms with Crippen LogP contribution in [-0.2, 0) is 4.74 Å². The summed E-state index contributed by atoms with van der Waals surface area (Å²) >= 11 is 0. The average molecular weight is 381 g/mol. The highest BCUT2D eigenvalue weighted by Gasteiger charge is 2.60. The quantitative estimate of drug-likeness (QED) is 0.772. The first-order valence-electron chi connectivity index (χ1n) is 10.6. The van der Waals surface area contributed by atoms with Crippen LogP contribution in [0, 0.1) is 5.41 Å². The van der Waals surface area contributed by atoms with Gasteiger partial charge in [-0.1, -0.05) is 74.5 Å². The minimum Gasteiger partial charge on any atom is -0.385 e. The molecule has 150 valence electrons. The largest absolute Gasteiger partial charge is 0.385 e. The lowest BCUT2D eigenvalue weighted by atomic mass is 9.59. The number of hydrogen-bond acceptors (Lipinski definition) is 2. The highest BCUT2D eigenvalue weighted by molar-refractivity contribution is 5.29. The van der Waals surface area contributed by atoms with Crippen molar-refractivity contribution in [3.05, 3.63) is 71.8 Å². The van der Waals surface area contributed by atoms with E-state index >= 15 is 0 Å². The fraction of sp³-hybridized carbons (Fsp3) is 0.520. The van der Waals surface area contributed by atoms with Crippen LogP contribution in [0.1, 0.15) is 57.3 Å². The lowest BCUT2D eigenvalue weighted by Gasteiger charge is -2.61. The minimum absolute atomic E-state index is 0.141. The molecule has 1 unspecified atom stereocenters. The van der Waals surface area contributed by atoms with Crippen molar-refractivity contribution in [2.45, 2.75) is 63.8 Å². The van der Waals surface area contributed by atoms with Crippen LogP contribution in [0.3, 0.4) is 0 Å². The second kappa shape index (κ2) is 7.62. The summed E-state index contributed by atoms with van der Waals surface area (Å²) in [6, 6.07) is 21.3. The van der Waals surface area contributed by atoms with Crippen molar-refractivity contribution in [2.24, 2.45) is 5.41 Å². The van der Waals surface area contributed by atoms with E-state index in [1.807, 2.05) is 36.4 Å². The number of ether oxygens (including phenoxy) is 1. The molecule has 0 aromatic heterocycles. The van der Waals surface area contributed by atoms with Crippen molar-refractivity contribution in [1.29, 1.82) is 0 Å². The van der Waals surface area contributed by atoms with Gasteiger partial charge in [-0.15, -0.1) is 0 Å². The monoisotopic (exact) mass is 380 g/mol. The standard InChI is InChI=1S/C25H33NO2/c1-24(2)14-21-15-25(3,18-24)26(21)16-22(27)17-28-23(19-10-6-4-7-11-19)20-12-8-5-9-13-20/h4-13,21-23,27H,14-18H2,1-3H3/p+1/t21-,22+,25-/m0/s1. The molecular formula is C25H34NO2+. The maximum Gasteiger partial charge on any atom is 0.126 e. The summed E-state index contributed by atoms with van der Waals surface area (Å²) in [6.45, 7) is 8.32. The van der Waals surface area contributed by atoms with Crippen LogP contribution >= 0.6 is 0 Å². The third-order valence-electron chi connectivity index (χ3n) is 6.75. The normalized spacial score (nSPS) is 29.3. The summed E-state index contributed by atoms with van der Waals surface area (Å²) in [7, 11) is 0. The first-order chi connectivity index (χ1) is 13.4. The van der Waals surface area contributed by atoms with E-state index in [-0.39, 0.29) is 6.10 Å². The van der Waals surface area contributed by atoms with Gasteiger partial charge < -0.3 is 14.7 Å². The number of aliphatic hydroxyl groups excluding tert-OH is 1. The summed E-state index contributed by atoms with van der Waals surface area (Å²) in [5.74, 6) is 0. The van der Waals surface area contributed by atoms with Crippen LogP contribution in [0.4, 0.5) is 0 Å². The molecule has 4 atom stereocenters. The number of quaternary nitrogens is 1. The molecule has 2 aromatic carbocycles. The molecule has 28 heavy (non-hydrogen) atoms. The lowest BCUT2D eigenvalue weighted by molar-refractivity contribution is -1.03. The van der Waals surface area contributed by atoms with Gasteiger partial charge in [0, 0.05) is 12.8 Å². The minimum atomic E-state index is -0.437. The van der Waals surface area contributed by atoms with Gasteiger partial charge in [-0.2, -0.15) is 0 Å². The SMILES string of the molecule is CC1(C)C[C@H]2C[C@@](C)(C1)[NH+]2C[C@@H](O)COC(c1ccccc1)c1ccccc1. The van der Waals surface area contributed by atoms with Crippen LogP contribution in [0.5, 0.6) is 0 Å². The van der Waals surface area contributed by atoms with Gasteiger partial charge in [-0.25, -0.2) is 0 Å². The van der Waals surface area contributed by atoms with Crippen molar-refractivity contribution in [3.8, 4) is 0 Å². The molecule has 2 bridgehead atoms. The van der Waals surface area contributed by atoms with E-state index in [1.54, 1.807) is 4.90 Å². The van der Waals surface area contributed by atoms with Crippen LogP contribution < -0.4 is 4.90 Å². The zero-order valence-electron chi connectivity index (χ0n) is 17.4. The molecule has 0 radical (unpaired) electrons. The predicted molar refractivity (Wildman–Crippen MR) is 112 cm³/mol. The molecule has 2 aromatic rings. The lowest BCUT2D eigenvalue weighted by Crippen LogP contribution is -3.31. The van der Waals surface area contributed by atoms with Crippen molar-refractivity contribution in [1.82, 2.24) is 0 Å². The van der Waals surface area contributed by atoms with Gasteiger partial charge in [0.05, 0.1) is 19.1 Å². The summed E-state index contributed by atoms with van der Waals surface area (Å²) in [5, 5.41) is 10.8. The van der Waals surface area contributed by atoms with Gasteiger partial charge >= 0.3 is 0 Å². The van der Waals surface area contributed by atoms with E-state index in [0.29, 0.717) is 23.6 Å². The van der Waals surface area contributed by atoms with Crippen molar-refractivity contribution >= 4 is 0 Å². The van der Waals surface area contributed by atoms with Crippen molar-refractivity contribution in [2.75, 3.05) is 13.2 Å². The van der Waals surface area contributed by atoms with E-state index in [2.05, 4.69) is 45.0 Å². The number of nitrogens with one attached hydrogen (secondary N) is 1.